The van der Waals surface area contributed by atoms with Gasteiger partial charge in [0.25, 0.3) is 0 Å². The van der Waals surface area contributed by atoms with Gasteiger partial charge in [-0.25, -0.2) is 9.18 Å². The number of amides is 1. The topological polar surface area (TPSA) is 75.6 Å². The number of carbonyl (C=O) groups is 2. The van der Waals surface area contributed by atoms with E-state index in [9.17, 15) is 32.3 Å². The van der Waals surface area contributed by atoms with Crippen LogP contribution in [0.4, 0.5) is 17.6 Å². The molecule has 0 aliphatic heterocycles. The van der Waals surface area contributed by atoms with Gasteiger partial charge in [-0.3, -0.25) is 4.79 Å². The Balaban J connectivity index is 1.66. The summed E-state index contributed by atoms with van der Waals surface area (Å²) >= 11 is 0. The first-order chi connectivity index (χ1) is 15.6. The number of nitrogens with one attached hydrogen (secondary N) is 1. The van der Waals surface area contributed by atoms with Crippen LogP contribution >= 0.6 is 0 Å². The predicted molar refractivity (Wildman–Crippen MR) is 113 cm³/mol. The van der Waals surface area contributed by atoms with Gasteiger partial charge in [-0.2, -0.15) is 13.2 Å². The summed E-state index contributed by atoms with van der Waals surface area (Å²) < 4.78 is 57.9. The van der Waals surface area contributed by atoms with Crippen LogP contribution in [0.5, 0.6) is 11.5 Å². The molecule has 2 N–H and O–H groups in total. The third-order valence-corrected chi connectivity index (χ3v) is 5.45. The molecule has 0 aromatic heterocycles. The molecule has 9 heteroatoms. The van der Waals surface area contributed by atoms with E-state index >= 15 is 0 Å². The van der Waals surface area contributed by atoms with Crippen molar-refractivity contribution in [3.63, 3.8) is 0 Å². The molecule has 176 valence electrons. The highest BCUT2D eigenvalue weighted by Crippen LogP contribution is 2.36. The Bertz CT molecular complexity index is 1030. The van der Waals surface area contributed by atoms with Crippen molar-refractivity contribution in [2.75, 3.05) is 0 Å². The van der Waals surface area contributed by atoms with E-state index in [-0.39, 0.29) is 23.8 Å². The van der Waals surface area contributed by atoms with Gasteiger partial charge in [-0.05, 0) is 48.2 Å². The molecule has 0 radical (unpaired) electrons. The number of hydrogen-bond acceptors (Lipinski definition) is 3. The molecule has 1 aliphatic rings. The molecule has 0 atom stereocenters. The fourth-order valence-electron chi connectivity index (χ4n) is 3.73. The first-order valence-corrected chi connectivity index (χ1v) is 10.5. The van der Waals surface area contributed by atoms with Gasteiger partial charge in [0, 0.05) is 6.42 Å². The number of benzene rings is 2. The lowest BCUT2D eigenvalue weighted by Gasteiger charge is -2.12. The van der Waals surface area contributed by atoms with Crippen molar-refractivity contribution >= 4 is 18.0 Å². The number of rotatable bonds is 8. The quantitative estimate of drug-likeness (QED) is 0.362. The highest BCUT2D eigenvalue weighted by Gasteiger charge is 2.35. The molecule has 1 aliphatic carbocycles. The fourth-order valence-corrected chi connectivity index (χ4v) is 3.73. The van der Waals surface area contributed by atoms with Crippen molar-refractivity contribution in [1.82, 2.24) is 5.32 Å². The number of halogens is 4. The average molecular weight is 465 g/mol. The lowest BCUT2D eigenvalue weighted by atomic mass is 10.0. The van der Waals surface area contributed by atoms with Crippen LogP contribution < -0.4 is 10.1 Å². The zero-order valence-electron chi connectivity index (χ0n) is 17.6. The molecule has 2 aromatic carbocycles. The van der Waals surface area contributed by atoms with Crippen LogP contribution in [-0.4, -0.2) is 17.0 Å². The van der Waals surface area contributed by atoms with Crippen LogP contribution in [-0.2, 0) is 15.8 Å². The highest BCUT2D eigenvalue weighted by molar-refractivity contribution is 5.96. The van der Waals surface area contributed by atoms with E-state index in [4.69, 9.17) is 4.74 Å². The summed E-state index contributed by atoms with van der Waals surface area (Å²) in [6.07, 6.45) is 1.86. The minimum Gasteiger partial charge on any atom is -0.477 e. The molecule has 1 amide bonds. The molecule has 0 heterocycles. The lowest BCUT2D eigenvalue weighted by Crippen LogP contribution is -2.27. The molecule has 1 saturated carbocycles. The number of hydrogen-bond donors (Lipinski definition) is 2. The molecule has 0 saturated heterocycles. The van der Waals surface area contributed by atoms with E-state index in [0.29, 0.717) is 17.5 Å². The summed E-state index contributed by atoms with van der Waals surface area (Å²) in [5.74, 6) is -3.24. The number of carboxylic acids is 1. The maximum atomic E-state index is 14.1. The third-order valence-electron chi connectivity index (χ3n) is 5.45. The van der Waals surface area contributed by atoms with Crippen LogP contribution in [0.2, 0.25) is 0 Å². The molecule has 33 heavy (non-hydrogen) atoms. The average Bonchev–Trinajstić information content (AvgIpc) is 3.27. The van der Waals surface area contributed by atoms with E-state index < -0.39 is 29.3 Å². The summed E-state index contributed by atoms with van der Waals surface area (Å²) in [5, 5.41) is 11.8. The smallest absolute Gasteiger partial charge is 0.419 e. The molecular formula is C24H23F4NO4. The summed E-state index contributed by atoms with van der Waals surface area (Å²) in [4.78, 5) is 23.7. The molecule has 3 rings (SSSR count). The molecular weight excluding hydrogens is 442 g/mol. The van der Waals surface area contributed by atoms with Gasteiger partial charge in [0.05, 0.1) is 5.56 Å². The Morgan fingerprint density at radius 2 is 1.76 bits per heavy atom. The molecule has 0 spiro atoms. The third kappa shape index (κ3) is 6.81. The van der Waals surface area contributed by atoms with E-state index in [2.05, 4.69) is 5.32 Å². The number of ether oxygens (including phenoxy) is 1. The molecule has 0 bridgehead atoms. The van der Waals surface area contributed by atoms with Crippen molar-refractivity contribution in [3.8, 4) is 11.5 Å². The van der Waals surface area contributed by atoms with Gasteiger partial charge in [-0.15, -0.1) is 0 Å². The first-order valence-electron chi connectivity index (χ1n) is 10.5. The van der Waals surface area contributed by atoms with E-state index in [1.807, 2.05) is 0 Å². The van der Waals surface area contributed by atoms with Crippen molar-refractivity contribution in [2.24, 2.45) is 5.92 Å². The normalized spacial score (nSPS) is 14.8. The maximum absolute atomic E-state index is 14.1. The monoisotopic (exact) mass is 465 g/mol. The van der Waals surface area contributed by atoms with Crippen molar-refractivity contribution in [1.29, 1.82) is 0 Å². The van der Waals surface area contributed by atoms with Gasteiger partial charge in [0.1, 0.15) is 11.4 Å². The first kappa shape index (κ1) is 24.3. The second-order valence-corrected chi connectivity index (χ2v) is 7.89. The van der Waals surface area contributed by atoms with Crippen molar-refractivity contribution in [2.45, 2.75) is 44.7 Å². The van der Waals surface area contributed by atoms with Crippen LogP contribution in [0, 0.1) is 11.7 Å². The zero-order chi connectivity index (χ0) is 24.0. The number of alkyl halides is 3. The Hall–Kier alpha value is -3.36. The molecule has 1 fully saturated rings. The number of carbonyl (C=O) groups excluding carboxylic acids is 1. The Labute approximate surface area is 188 Å². The summed E-state index contributed by atoms with van der Waals surface area (Å²) in [5.41, 5.74) is -1.33. The van der Waals surface area contributed by atoms with Gasteiger partial charge in [-0.1, -0.05) is 43.9 Å². The summed E-state index contributed by atoms with van der Waals surface area (Å²) in [7, 11) is 0. The second kappa shape index (κ2) is 10.5. The summed E-state index contributed by atoms with van der Waals surface area (Å²) in [6.45, 7) is 0. The Kier molecular flexibility index (Phi) is 7.73. The van der Waals surface area contributed by atoms with Crippen LogP contribution in [0.1, 0.15) is 49.7 Å². The highest BCUT2D eigenvalue weighted by atomic mass is 19.4. The van der Waals surface area contributed by atoms with Gasteiger partial charge in [0.2, 0.25) is 5.91 Å². The van der Waals surface area contributed by atoms with Crippen molar-refractivity contribution < 1.29 is 37.0 Å². The van der Waals surface area contributed by atoms with E-state index in [1.54, 1.807) is 0 Å². The summed E-state index contributed by atoms with van der Waals surface area (Å²) in [6, 6.07) is 8.31. The number of carboxylic acid groups (broad SMARTS) is 1. The minimum absolute atomic E-state index is 0.0582. The largest absolute Gasteiger partial charge is 0.477 e. The minimum atomic E-state index is -4.85. The standard InChI is InChI=1S/C24H23F4NO4/c25-22-18(24(26,27)28)6-3-7-20(22)33-17-11-8-16(9-12-17)14-19(23(31)32)29-21(30)13-10-15-4-1-2-5-15/h3,6-9,11-12,14-15H,1-2,4-5,10,13H2,(H,29,30)(H,31,32)/b19-14-. The van der Waals surface area contributed by atoms with Crippen molar-refractivity contribution in [3.05, 3.63) is 65.1 Å². The zero-order valence-corrected chi connectivity index (χ0v) is 17.6. The lowest BCUT2D eigenvalue weighted by molar-refractivity contribution is -0.140. The van der Waals surface area contributed by atoms with Gasteiger partial charge >= 0.3 is 12.1 Å². The fraction of sp³-hybridized carbons (Fsp3) is 0.333. The Morgan fingerprint density at radius 3 is 2.36 bits per heavy atom. The van der Waals surface area contributed by atoms with Gasteiger partial charge < -0.3 is 15.2 Å². The Morgan fingerprint density at radius 1 is 1.09 bits per heavy atom. The maximum Gasteiger partial charge on any atom is 0.419 e. The number of aliphatic carboxylic acids is 1. The van der Waals surface area contributed by atoms with Crippen LogP contribution in [0.25, 0.3) is 6.08 Å². The van der Waals surface area contributed by atoms with E-state index in [0.717, 1.165) is 44.2 Å². The van der Waals surface area contributed by atoms with Gasteiger partial charge in [0.15, 0.2) is 11.6 Å². The van der Waals surface area contributed by atoms with Crippen LogP contribution in [0.15, 0.2) is 48.2 Å². The SMILES string of the molecule is O=C(CCC1CCCC1)N/C(=C\c1ccc(Oc2cccc(C(F)(F)F)c2F)cc1)C(=O)O. The van der Waals surface area contributed by atoms with Crippen LogP contribution in [0.3, 0.4) is 0 Å². The molecule has 5 nitrogen and oxygen atoms in total. The van der Waals surface area contributed by atoms with E-state index in [1.165, 1.54) is 30.3 Å². The second-order valence-electron chi connectivity index (χ2n) is 7.89. The molecule has 0 unspecified atom stereocenters. The molecule has 2 aromatic rings. The predicted octanol–water partition coefficient (Wildman–Crippen LogP) is 6.15.